The van der Waals surface area contributed by atoms with Gasteiger partial charge in [-0.15, -0.1) is 11.3 Å². The van der Waals surface area contributed by atoms with Gasteiger partial charge in [-0.2, -0.15) is 0 Å². The lowest BCUT2D eigenvalue weighted by atomic mass is 10.0. The van der Waals surface area contributed by atoms with Gasteiger partial charge in [-0.25, -0.2) is 0 Å². The topological polar surface area (TPSA) is 30.5 Å². The van der Waals surface area contributed by atoms with Crippen LogP contribution in [0.15, 0.2) is 24.3 Å². The summed E-state index contributed by atoms with van der Waals surface area (Å²) in [5.41, 5.74) is 2.32. The lowest BCUT2D eigenvalue weighted by molar-refractivity contribution is 0.354. The van der Waals surface area contributed by atoms with Gasteiger partial charge in [0.05, 0.1) is 18.6 Å². The fourth-order valence-electron chi connectivity index (χ4n) is 2.24. The molecule has 0 aliphatic rings. The van der Waals surface area contributed by atoms with Crippen LogP contribution in [0.2, 0.25) is 4.34 Å². The van der Waals surface area contributed by atoms with Crippen molar-refractivity contribution in [1.82, 2.24) is 5.32 Å². The average molecular weight is 326 g/mol. The summed E-state index contributed by atoms with van der Waals surface area (Å²) in [6, 6.07) is 8.40. The Labute approximate surface area is 134 Å². The molecule has 0 spiro atoms. The quantitative estimate of drug-likeness (QED) is 0.862. The lowest BCUT2D eigenvalue weighted by Gasteiger charge is -2.16. The fraction of sp³-hybridized carbons (Fsp3) is 0.375. The van der Waals surface area contributed by atoms with Crippen molar-refractivity contribution in [1.29, 1.82) is 0 Å². The standard InChI is InChI=1S/C16H20ClNO2S/c1-10-7-15(21-16(10)17)12(18-2)8-11-5-6-13(19-3)14(9-11)20-4/h5-7,9,12,18H,8H2,1-4H3. The van der Waals surface area contributed by atoms with Gasteiger partial charge in [0.2, 0.25) is 0 Å². The Morgan fingerprint density at radius 2 is 1.90 bits per heavy atom. The fourth-order valence-corrected chi connectivity index (χ4v) is 3.57. The second-order valence-electron chi connectivity index (χ2n) is 4.84. The molecule has 1 atom stereocenters. The van der Waals surface area contributed by atoms with Crippen LogP contribution in [0.5, 0.6) is 11.5 Å². The van der Waals surface area contributed by atoms with E-state index in [1.165, 1.54) is 10.4 Å². The molecule has 21 heavy (non-hydrogen) atoms. The molecule has 0 fully saturated rings. The molecule has 1 aromatic heterocycles. The number of hydrogen-bond acceptors (Lipinski definition) is 4. The number of benzene rings is 1. The maximum absolute atomic E-state index is 6.17. The number of hydrogen-bond donors (Lipinski definition) is 1. The zero-order chi connectivity index (χ0) is 15.4. The molecule has 0 aliphatic carbocycles. The van der Waals surface area contributed by atoms with Gasteiger partial charge in [-0.05, 0) is 49.7 Å². The minimum Gasteiger partial charge on any atom is -0.493 e. The van der Waals surface area contributed by atoms with Crippen LogP contribution in [0.4, 0.5) is 0 Å². The highest BCUT2D eigenvalue weighted by Crippen LogP contribution is 2.34. The van der Waals surface area contributed by atoms with Crippen LogP contribution in [-0.2, 0) is 6.42 Å². The first kappa shape index (κ1) is 16.1. The Morgan fingerprint density at radius 1 is 1.19 bits per heavy atom. The minimum atomic E-state index is 0.235. The first-order chi connectivity index (χ1) is 10.1. The van der Waals surface area contributed by atoms with E-state index in [0.29, 0.717) is 0 Å². The molecule has 0 saturated heterocycles. The van der Waals surface area contributed by atoms with E-state index in [1.807, 2.05) is 26.1 Å². The Morgan fingerprint density at radius 3 is 2.43 bits per heavy atom. The van der Waals surface area contributed by atoms with Crippen molar-refractivity contribution in [3.8, 4) is 11.5 Å². The predicted molar refractivity (Wildman–Crippen MR) is 89.1 cm³/mol. The molecule has 1 aromatic carbocycles. The number of thiophene rings is 1. The van der Waals surface area contributed by atoms with Crippen LogP contribution < -0.4 is 14.8 Å². The zero-order valence-corrected chi connectivity index (χ0v) is 14.3. The second-order valence-corrected chi connectivity index (χ2v) is 6.53. The van der Waals surface area contributed by atoms with Gasteiger partial charge in [-0.3, -0.25) is 0 Å². The summed E-state index contributed by atoms with van der Waals surface area (Å²) in [4.78, 5) is 1.25. The van der Waals surface area contributed by atoms with Crippen molar-refractivity contribution in [2.45, 2.75) is 19.4 Å². The highest BCUT2D eigenvalue weighted by molar-refractivity contribution is 7.16. The van der Waals surface area contributed by atoms with E-state index in [4.69, 9.17) is 21.1 Å². The molecule has 0 bridgehead atoms. The van der Waals surface area contributed by atoms with E-state index in [1.54, 1.807) is 25.6 Å². The molecule has 1 heterocycles. The van der Waals surface area contributed by atoms with Crippen LogP contribution in [0.3, 0.4) is 0 Å². The summed E-state index contributed by atoms with van der Waals surface area (Å²) in [5, 5.41) is 3.35. The lowest BCUT2D eigenvalue weighted by Crippen LogP contribution is -2.17. The van der Waals surface area contributed by atoms with Crippen molar-refractivity contribution in [3.63, 3.8) is 0 Å². The van der Waals surface area contributed by atoms with E-state index >= 15 is 0 Å². The molecule has 2 rings (SSSR count). The van der Waals surface area contributed by atoms with Gasteiger partial charge >= 0.3 is 0 Å². The number of likely N-dealkylation sites (N-methyl/N-ethyl adjacent to an activating group) is 1. The van der Waals surface area contributed by atoms with Gasteiger partial charge in [0, 0.05) is 10.9 Å². The van der Waals surface area contributed by atoms with Crippen molar-refractivity contribution in [2.75, 3.05) is 21.3 Å². The van der Waals surface area contributed by atoms with E-state index in [9.17, 15) is 0 Å². The van der Waals surface area contributed by atoms with Crippen LogP contribution in [0, 0.1) is 6.92 Å². The Hall–Kier alpha value is -1.23. The van der Waals surface area contributed by atoms with E-state index in [0.717, 1.165) is 27.8 Å². The number of rotatable bonds is 6. The maximum atomic E-state index is 6.17. The van der Waals surface area contributed by atoms with E-state index in [-0.39, 0.29) is 6.04 Å². The third-order valence-electron chi connectivity index (χ3n) is 3.46. The van der Waals surface area contributed by atoms with E-state index in [2.05, 4.69) is 17.4 Å². The monoisotopic (exact) mass is 325 g/mol. The number of nitrogens with one attached hydrogen (secondary N) is 1. The van der Waals surface area contributed by atoms with Gasteiger partial charge in [0.15, 0.2) is 11.5 Å². The number of ether oxygens (including phenoxy) is 2. The Kier molecular flexibility index (Phi) is 5.51. The maximum Gasteiger partial charge on any atom is 0.160 e. The first-order valence-corrected chi connectivity index (χ1v) is 7.92. The molecule has 2 aromatic rings. The summed E-state index contributed by atoms with van der Waals surface area (Å²) >= 11 is 7.81. The van der Waals surface area contributed by atoms with Gasteiger partial charge in [0.1, 0.15) is 0 Å². The third kappa shape index (κ3) is 3.70. The molecular weight excluding hydrogens is 306 g/mol. The molecule has 0 amide bonds. The van der Waals surface area contributed by atoms with Crippen LogP contribution in [-0.4, -0.2) is 21.3 Å². The number of aryl methyl sites for hydroxylation is 1. The summed E-state index contributed by atoms with van der Waals surface area (Å²) in [7, 11) is 5.26. The highest BCUT2D eigenvalue weighted by Gasteiger charge is 2.15. The highest BCUT2D eigenvalue weighted by atomic mass is 35.5. The first-order valence-electron chi connectivity index (χ1n) is 6.73. The molecule has 0 radical (unpaired) electrons. The molecule has 3 nitrogen and oxygen atoms in total. The van der Waals surface area contributed by atoms with Gasteiger partial charge in [0.25, 0.3) is 0 Å². The molecule has 5 heteroatoms. The summed E-state index contributed by atoms with van der Waals surface area (Å²) in [6.07, 6.45) is 0.868. The van der Waals surface area contributed by atoms with Gasteiger partial charge < -0.3 is 14.8 Å². The zero-order valence-electron chi connectivity index (χ0n) is 12.7. The van der Waals surface area contributed by atoms with Crippen molar-refractivity contribution in [2.24, 2.45) is 0 Å². The summed E-state index contributed by atoms with van der Waals surface area (Å²) < 4.78 is 11.5. The molecule has 1 unspecified atom stereocenters. The molecule has 114 valence electrons. The normalized spacial score (nSPS) is 12.2. The SMILES string of the molecule is CNC(Cc1ccc(OC)c(OC)c1)c1cc(C)c(Cl)s1. The van der Waals surface area contributed by atoms with Crippen molar-refractivity contribution >= 4 is 22.9 Å². The number of halogens is 1. The Balaban J connectivity index is 2.22. The molecule has 0 saturated carbocycles. The molecular formula is C16H20ClNO2S. The van der Waals surface area contributed by atoms with E-state index < -0.39 is 0 Å². The predicted octanol–water partition coefficient (Wildman–Crippen LogP) is 4.23. The van der Waals surface area contributed by atoms with Gasteiger partial charge in [-0.1, -0.05) is 17.7 Å². The smallest absolute Gasteiger partial charge is 0.160 e. The summed E-state index contributed by atoms with van der Waals surface area (Å²) in [6.45, 7) is 2.03. The number of methoxy groups -OCH3 is 2. The largest absolute Gasteiger partial charge is 0.493 e. The third-order valence-corrected chi connectivity index (χ3v) is 5.12. The Bertz CT molecular complexity index is 593. The van der Waals surface area contributed by atoms with Crippen LogP contribution >= 0.6 is 22.9 Å². The van der Waals surface area contributed by atoms with Crippen LogP contribution in [0.1, 0.15) is 22.0 Å². The average Bonchev–Trinajstić information content (AvgIpc) is 2.83. The molecule has 0 aliphatic heterocycles. The second kappa shape index (κ2) is 7.16. The van der Waals surface area contributed by atoms with Crippen molar-refractivity contribution < 1.29 is 9.47 Å². The molecule has 1 N–H and O–H groups in total. The minimum absolute atomic E-state index is 0.235. The summed E-state index contributed by atoms with van der Waals surface area (Å²) in [5.74, 6) is 1.50. The van der Waals surface area contributed by atoms with Crippen LogP contribution in [0.25, 0.3) is 0 Å². The van der Waals surface area contributed by atoms with Crippen molar-refractivity contribution in [3.05, 3.63) is 44.6 Å².